The number of rotatable bonds is 5. The van der Waals surface area contributed by atoms with E-state index in [2.05, 4.69) is 5.32 Å². The van der Waals surface area contributed by atoms with Gasteiger partial charge in [0.05, 0.1) is 12.7 Å². The maximum Gasteiger partial charge on any atom is 0.278 e. The Morgan fingerprint density at radius 1 is 1.00 bits per heavy atom. The standard InChI is InChI=1S/C22H24N2O3/c1-13(2)24-21(25)19(16-8-6-7-9-18(16)27-5)20(22(24)26)23-17-11-10-14(3)12-15(17)4/h6-13,23H,1-5H3. The van der Waals surface area contributed by atoms with E-state index < -0.39 is 0 Å². The van der Waals surface area contributed by atoms with Gasteiger partial charge in [-0.2, -0.15) is 0 Å². The van der Waals surface area contributed by atoms with E-state index in [1.165, 1.54) is 4.90 Å². The van der Waals surface area contributed by atoms with Crippen LogP contribution in [0.2, 0.25) is 0 Å². The topological polar surface area (TPSA) is 58.6 Å². The molecule has 2 aromatic carbocycles. The van der Waals surface area contributed by atoms with E-state index in [9.17, 15) is 9.59 Å². The van der Waals surface area contributed by atoms with Gasteiger partial charge in [-0.25, -0.2) is 0 Å². The zero-order valence-electron chi connectivity index (χ0n) is 16.3. The highest BCUT2D eigenvalue weighted by molar-refractivity contribution is 6.37. The van der Waals surface area contributed by atoms with E-state index in [4.69, 9.17) is 4.74 Å². The fourth-order valence-corrected chi connectivity index (χ4v) is 3.32. The maximum atomic E-state index is 13.1. The molecule has 0 spiro atoms. The smallest absolute Gasteiger partial charge is 0.278 e. The van der Waals surface area contributed by atoms with E-state index in [0.29, 0.717) is 16.9 Å². The number of para-hydroxylation sites is 1. The predicted molar refractivity (Wildman–Crippen MR) is 106 cm³/mol. The normalized spacial score (nSPS) is 14.4. The van der Waals surface area contributed by atoms with Gasteiger partial charge in [-0.1, -0.05) is 35.9 Å². The minimum atomic E-state index is -0.323. The van der Waals surface area contributed by atoms with E-state index in [0.717, 1.165) is 16.8 Å². The van der Waals surface area contributed by atoms with Crippen molar-refractivity contribution < 1.29 is 14.3 Å². The Balaban J connectivity index is 2.17. The number of hydrogen-bond acceptors (Lipinski definition) is 4. The molecule has 0 aromatic heterocycles. The third-order valence-corrected chi connectivity index (χ3v) is 4.65. The number of hydrogen-bond donors (Lipinski definition) is 1. The summed E-state index contributed by atoms with van der Waals surface area (Å²) in [6.45, 7) is 7.65. The molecule has 2 amide bonds. The Hall–Kier alpha value is -3.08. The quantitative estimate of drug-likeness (QED) is 0.817. The van der Waals surface area contributed by atoms with Crippen molar-refractivity contribution in [2.45, 2.75) is 33.7 Å². The van der Waals surface area contributed by atoms with Gasteiger partial charge in [-0.05, 0) is 45.4 Å². The molecule has 3 rings (SSSR count). The lowest BCUT2D eigenvalue weighted by atomic mass is 10.0. The van der Waals surface area contributed by atoms with Crippen LogP contribution >= 0.6 is 0 Å². The highest BCUT2D eigenvalue weighted by Gasteiger charge is 2.41. The number of anilines is 1. The SMILES string of the molecule is COc1ccccc1C1=C(Nc2ccc(C)cc2C)C(=O)N(C(C)C)C1=O. The summed E-state index contributed by atoms with van der Waals surface area (Å²) in [4.78, 5) is 27.5. The van der Waals surface area contributed by atoms with Gasteiger partial charge >= 0.3 is 0 Å². The molecule has 1 heterocycles. The molecular formula is C22H24N2O3. The molecular weight excluding hydrogens is 340 g/mol. The van der Waals surface area contributed by atoms with E-state index in [1.54, 1.807) is 19.2 Å². The van der Waals surface area contributed by atoms with Crippen LogP contribution in [0.5, 0.6) is 5.75 Å². The zero-order valence-corrected chi connectivity index (χ0v) is 16.3. The molecule has 0 unspecified atom stereocenters. The largest absolute Gasteiger partial charge is 0.496 e. The third-order valence-electron chi connectivity index (χ3n) is 4.65. The second-order valence-electron chi connectivity index (χ2n) is 6.97. The summed E-state index contributed by atoms with van der Waals surface area (Å²) in [5.74, 6) is -0.0816. The highest BCUT2D eigenvalue weighted by Crippen LogP contribution is 2.36. The molecule has 0 saturated heterocycles. The van der Waals surface area contributed by atoms with Gasteiger partial charge in [0.15, 0.2) is 0 Å². The van der Waals surface area contributed by atoms with Gasteiger partial charge in [-0.3, -0.25) is 14.5 Å². The number of ether oxygens (including phenoxy) is 1. The molecule has 5 heteroatoms. The number of imide groups is 1. The van der Waals surface area contributed by atoms with Crippen LogP contribution in [0.15, 0.2) is 48.2 Å². The Morgan fingerprint density at radius 2 is 1.70 bits per heavy atom. The number of nitrogens with one attached hydrogen (secondary N) is 1. The molecule has 0 aliphatic carbocycles. The van der Waals surface area contributed by atoms with Gasteiger partial charge in [0.2, 0.25) is 0 Å². The zero-order chi connectivity index (χ0) is 19.7. The predicted octanol–water partition coefficient (Wildman–Crippen LogP) is 3.91. The molecule has 27 heavy (non-hydrogen) atoms. The summed E-state index contributed by atoms with van der Waals surface area (Å²) in [6.07, 6.45) is 0. The van der Waals surface area contributed by atoms with E-state index in [-0.39, 0.29) is 23.6 Å². The lowest BCUT2D eigenvalue weighted by Gasteiger charge is -2.19. The monoisotopic (exact) mass is 364 g/mol. The summed E-state index contributed by atoms with van der Waals surface area (Å²) in [5.41, 5.74) is 4.17. The number of carbonyl (C=O) groups is 2. The van der Waals surface area contributed by atoms with Crippen LogP contribution in [0.4, 0.5) is 5.69 Å². The number of carbonyl (C=O) groups excluding carboxylic acids is 2. The molecule has 0 saturated carbocycles. The molecule has 0 radical (unpaired) electrons. The van der Waals surface area contributed by atoms with Crippen LogP contribution in [0.1, 0.15) is 30.5 Å². The average Bonchev–Trinajstić information content (AvgIpc) is 2.87. The first-order valence-electron chi connectivity index (χ1n) is 8.95. The summed E-state index contributed by atoms with van der Waals surface area (Å²) >= 11 is 0. The lowest BCUT2D eigenvalue weighted by Crippen LogP contribution is -2.38. The van der Waals surface area contributed by atoms with Crippen LogP contribution in [0.25, 0.3) is 5.57 Å². The van der Waals surface area contributed by atoms with Crippen LogP contribution in [-0.2, 0) is 9.59 Å². The first-order chi connectivity index (χ1) is 12.8. The number of benzene rings is 2. The van der Waals surface area contributed by atoms with Crippen molar-refractivity contribution in [2.24, 2.45) is 0 Å². The summed E-state index contributed by atoms with van der Waals surface area (Å²) in [5, 5.41) is 3.21. The minimum Gasteiger partial charge on any atom is -0.496 e. The Kier molecular flexibility index (Phi) is 5.04. The van der Waals surface area contributed by atoms with Crippen LogP contribution < -0.4 is 10.1 Å². The van der Waals surface area contributed by atoms with Crippen molar-refractivity contribution >= 4 is 23.1 Å². The first kappa shape index (κ1) is 18.7. The molecule has 0 fully saturated rings. The number of nitrogens with zero attached hydrogens (tertiary/aromatic N) is 1. The molecule has 5 nitrogen and oxygen atoms in total. The van der Waals surface area contributed by atoms with Crippen molar-refractivity contribution in [1.82, 2.24) is 4.90 Å². The van der Waals surface area contributed by atoms with Crippen molar-refractivity contribution in [2.75, 3.05) is 12.4 Å². The van der Waals surface area contributed by atoms with Crippen molar-refractivity contribution in [3.05, 3.63) is 64.9 Å². The second-order valence-corrected chi connectivity index (χ2v) is 6.97. The number of methoxy groups -OCH3 is 1. The van der Waals surface area contributed by atoms with Gasteiger partial charge in [0.25, 0.3) is 11.8 Å². The average molecular weight is 364 g/mol. The summed E-state index contributed by atoms with van der Waals surface area (Å²) in [6, 6.07) is 12.9. The Bertz CT molecular complexity index is 944. The number of aryl methyl sites for hydroxylation is 2. The van der Waals surface area contributed by atoms with Crippen molar-refractivity contribution in [3.8, 4) is 5.75 Å². The lowest BCUT2D eigenvalue weighted by molar-refractivity contribution is -0.138. The van der Waals surface area contributed by atoms with Crippen LogP contribution in [-0.4, -0.2) is 29.9 Å². The van der Waals surface area contributed by atoms with Gasteiger partial charge < -0.3 is 10.1 Å². The fraction of sp³-hybridized carbons (Fsp3) is 0.273. The van der Waals surface area contributed by atoms with E-state index in [1.807, 2.05) is 58.0 Å². The molecule has 0 bridgehead atoms. The summed E-state index contributed by atoms with van der Waals surface area (Å²) in [7, 11) is 1.55. The molecule has 1 N–H and O–H groups in total. The molecule has 140 valence electrons. The molecule has 0 atom stereocenters. The van der Waals surface area contributed by atoms with Crippen LogP contribution in [0, 0.1) is 13.8 Å². The minimum absolute atomic E-state index is 0.242. The molecule has 1 aliphatic rings. The maximum absolute atomic E-state index is 13.1. The van der Waals surface area contributed by atoms with Gasteiger partial charge in [0, 0.05) is 17.3 Å². The Labute approximate surface area is 159 Å². The first-order valence-corrected chi connectivity index (χ1v) is 8.95. The van der Waals surface area contributed by atoms with Crippen molar-refractivity contribution in [1.29, 1.82) is 0 Å². The van der Waals surface area contributed by atoms with E-state index >= 15 is 0 Å². The van der Waals surface area contributed by atoms with Crippen LogP contribution in [0.3, 0.4) is 0 Å². The third kappa shape index (κ3) is 3.33. The molecule has 1 aliphatic heterocycles. The highest BCUT2D eigenvalue weighted by atomic mass is 16.5. The molecule has 2 aromatic rings. The summed E-state index contributed by atoms with van der Waals surface area (Å²) < 4.78 is 5.43. The fourth-order valence-electron chi connectivity index (χ4n) is 3.32. The Morgan fingerprint density at radius 3 is 2.33 bits per heavy atom. The second kappa shape index (κ2) is 7.27. The van der Waals surface area contributed by atoms with Gasteiger partial charge in [-0.15, -0.1) is 0 Å². The number of amides is 2. The van der Waals surface area contributed by atoms with Gasteiger partial charge in [0.1, 0.15) is 11.4 Å². The van der Waals surface area contributed by atoms with Crippen molar-refractivity contribution in [3.63, 3.8) is 0 Å².